The Balaban J connectivity index is 2.55. The molecule has 112 valence electrons. The highest BCUT2D eigenvalue weighted by molar-refractivity contribution is 7.88. The van der Waals surface area contributed by atoms with Crippen molar-refractivity contribution in [2.24, 2.45) is 11.8 Å². The second-order valence-corrected chi connectivity index (χ2v) is 7.37. The highest BCUT2D eigenvalue weighted by Crippen LogP contribution is 2.29. The zero-order valence-corrected chi connectivity index (χ0v) is 13.0. The van der Waals surface area contributed by atoms with Crippen LogP contribution in [0.1, 0.15) is 39.5 Å². The lowest BCUT2D eigenvalue weighted by Crippen LogP contribution is -2.44. The van der Waals surface area contributed by atoms with E-state index in [1.807, 2.05) is 6.92 Å². The minimum atomic E-state index is -3.10. The molecule has 0 aliphatic carbocycles. The van der Waals surface area contributed by atoms with Crippen LogP contribution in [0.15, 0.2) is 0 Å². The van der Waals surface area contributed by atoms with Gasteiger partial charge in [-0.1, -0.05) is 20.3 Å². The second kappa shape index (κ2) is 7.24. The predicted octanol–water partition coefficient (Wildman–Crippen LogP) is 1.21. The molecule has 1 amide bonds. The Bertz CT molecular complexity index is 395. The van der Waals surface area contributed by atoms with E-state index < -0.39 is 10.0 Å². The number of amides is 1. The summed E-state index contributed by atoms with van der Waals surface area (Å²) in [4.78, 5) is 11.8. The Kier molecular flexibility index (Phi) is 6.26. The number of carbonyl (C=O) groups excluding carboxylic acids is 1. The Morgan fingerprint density at radius 2 is 2.00 bits per heavy atom. The first-order chi connectivity index (χ1) is 8.88. The second-order valence-electron chi connectivity index (χ2n) is 5.39. The van der Waals surface area contributed by atoms with Gasteiger partial charge < -0.3 is 5.32 Å². The quantitative estimate of drug-likeness (QED) is 0.799. The lowest BCUT2D eigenvalue weighted by molar-refractivity contribution is -0.122. The van der Waals surface area contributed by atoms with Gasteiger partial charge in [-0.15, -0.1) is 0 Å². The zero-order chi connectivity index (χ0) is 14.5. The maximum atomic E-state index is 11.8. The van der Waals surface area contributed by atoms with E-state index in [4.69, 9.17) is 0 Å². The van der Waals surface area contributed by atoms with Crippen LogP contribution in [0.5, 0.6) is 0 Å². The Morgan fingerprint density at radius 1 is 1.32 bits per heavy atom. The van der Waals surface area contributed by atoms with Gasteiger partial charge in [0.25, 0.3) is 0 Å². The molecule has 0 aromatic carbocycles. The van der Waals surface area contributed by atoms with Crippen LogP contribution in [0.25, 0.3) is 0 Å². The molecule has 6 heteroatoms. The third-order valence-corrected chi connectivity index (χ3v) is 5.14. The maximum Gasteiger partial charge on any atom is 0.220 e. The van der Waals surface area contributed by atoms with Gasteiger partial charge in [-0.25, -0.2) is 12.7 Å². The Labute approximate surface area is 116 Å². The minimum absolute atomic E-state index is 0.0955. The van der Waals surface area contributed by atoms with Crippen molar-refractivity contribution in [2.45, 2.75) is 39.5 Å². The maximum absolute atomic E-state index is 11.8. The first kappa shape index (κ1) is 16.4. The summed E-state index contributed by atoms with van der Waals surface area (Å²) < 4.78 is 24.7. The molecule has 0 saturated carbocycles. The third-order valence-electron chi connectivity index (χ3n) is 3.87. The summed E-state index contributed by atoms with van der Waals surface area (Å²) in [5, 5.41) is 2.89. The molecule has 0 unspecified atom stereocenters. The van der Waals surface area contributed by atoms with Crippen molar-refractivity contribution >= 4 is 15.9 Å². The van der Waals surface area contributed by atoms with Crippen LogP contribution in [0.4, 0.5) is 0 Å². The van der Waals surface area contributed by atoms with Crippen molar-refractivity contribution in [3.8, 4) is 0 Å². The first-order valence-electron chi connectivity index (χ1n) is 7.10. The van der Waals surface area contributed by atoms with Crippen molar-refractivity contribution in [1.29, 1.82) is 0 Å². The molecule has 19 heavy (non-hydrogen) atoms. The van der Waals surface area contributed by atoms with E-state index in [9.17, 15) is 13.2 Å². The first-order valence-corrected chi connectivity index (χ1v) is 8.95. The lowest BCUT2D eigenvalue weighted by atomic mass is 9.82. The number of nitrogens with one attached hydrogen (secondary N) is 1. The van der Waals surface area contributed by atoms with E-state index in [1.54, 1.807) is 4.31 Å². The number of hydrogen-bond donors (Lipinski definition) is 1. The van der Waals surface area contributed by atoms with Crippen molar-refractivity contribution in [3.05, 3.63) is 0 Å². The Hall–Kier alpha value is -0.620. The van der Waals surface area contributed by atoms with Gasteiger partial charge in [-0.05, 0) is 24.7 Å². The van der Waals surface area contributed by atoms with Crippen LogP contribution >= 0.6 is 0 Å². The standard InChI is InChI=1S/C13H26N2O3S/c1-4-7-14-13(16)9-12-6-8-15(19(3,17)18)10-11(12)5-2/h11-12H,4-10H2,1-3H3,(H,14,16)/t11-,12-/m0/s1. The van der Waals surface area contributed by atoms with Gasteiger partial charge in [-0.2, -0.15) is 0 Å². The van der Waals surface area contributed by atoms with E-state index in [2.05, 4.69) is 12.2 Å². The number of rotatable bonds is 6. The van der Waals surface area contributed by atoms with Gasteiger partial charge in [0.2, 0.25) is 15.9 Å². The minimum Gasteiger partial charge on any atom is -0.356 e. The molecule has 0 radical (unpaired) electrons. The number of hydrogen-bond acceptors (Lipinski definition) is 3. The molecule has 1 saturated heterocycles. The van der Waals surface area contributed by atoms with E-state index in [1.165, 1.54) is 6.26 Å². The largest absolute Gasteiger partial charge is 0.356 e. The fraction of sp³-hybridized carbons (Fsp3) is 0.923. The highest BCUT2D eigenvalue weighted by atomic mass is 32.2. The molecule has 0 bridgehead atoms. The summed E-state index contributed by atoms with van der Waals surface area (Å²) >= 11 is 0. The van der Waals surface area contributed by atoms with Gasteiger partial charge in [0.15, 0.2) is 0 Å². The molecule has 1 heterocycles. The number of piperidine rings is 1. The van der Waals surface area contributed by atoms with Gasteiger partial charge in [0.05, 0.1) is 6.26 Å². The van der Waals surface area contributed by atoms with Crippen LogP contribution in [-0.4, -0.2) is 44.5 Å². The molecule has 0 aromatic heterocycles. The SMILES string of the molecule is CCCNC(=O)C[C@@H]1CCN(S(C)(=O)=O)C[C@@H]1CC. The fourth-order valence-corrected chi connectivity index (χ4v) is 3.55. The smallest absolute Gasteiger partial charge is 0.220 e. The van der Waals surface area contributed by atoms with Crippen LogP contribution in [0, 0.1) is 11.8 Å². The average molecular weight is 290 g/mol. The van der Waals surface area contributed by atoms with Crippen LogP contribution < -0.4 is 5.32 Å². The molecule has 1 aliphatic heterocycles. The summed E-state index contributed by atoms with van der Waals surface area (Å²) in [5.41, 5.74) is 0. The third kappa shape index (κ3) is 5.10. The fourth-order valence-electron chi connectivity index (χ4n) is 2.65. The van der Waals surface area contributed by atoms with E-state index in [0.717, 1.165) is 25.8 Å². The average Bonchev–Trinajstić information content (AvgIpc) is 2.35. The molecular formula is C13H26N2O3S. The number of carbonyl (C=O) groups is 1. The van der Waals surface area contributed by atoms with Crippen LogP contribution in [0.3, 0.4) is 0 Å². The highest BCUT2D eigenvalue weighted by Gasteiger charge is 2.32. The molecule has 1 fully saturated rings. The lowest BCUT2D eigenvalue weighted by Gasteiger charge is -2.36. The molecular weight excluding hydrogens is 264 g/mol. The monoisotopic (exact) mass is 290 g/mol. The van der Waals surface area contributed by atoms with Gasteiger partial charge >= 0.3 is 0 Å². The van der Waals surface area contributed by atoms with E-state index in [0.29, 0.717) is 25.4 Å². The molecule has 1 aliphatic rings. The normalized spacial score (nSPS) is 25.2. The van der Waals surface area contributed by atoms with Crippen LogP contribution in [0.2, 0.25) is 0 Å². The molecule has 2 atom stereocenters. The molecule has 5 nitrogen and oxygen atoms in total. The van der Waals surface area contributed by atoms with E-state index in [-0.39, 0.29) is 11.8 Å². The number of nitrogens with zero attached hydrogens (tertiary/aromatic N) is 1. The summed E-state index contributed by atoms with van der Waals surface area (Å²) in [7, 11) is -3.10. The van der Waals surface area contributed by atoms with E-state index >= 15 is 0 Å². The molecule has 0 spiro atoms. The molecule has 1 N–H and O–H groups in total. The predicted molar refractivity (Wildman–Crippen MR) is 76.2 cm³/mol. The zero-order valence-electron chi connectivity index (χ0n) is 12.2. The summed E-state index contributed by atoms with van der Waals surface area (Å²) in [5.74, 6) is 0.689. The topological polar surface area (TPSA) is 66.5 Å². The van der Waals surface area contributed by atoms with Gasteiger partial charge in [0, 0.05) is 26.1 Å². The van der Waals surface area contributed by atoms with Gasteiger partial charge in [-0.3, -0.25) is 4.79 Å². The number of sulfonamides is 1. The van der Waals surface area contributed by atoms with Crippen LogP contribution in [-0.2, 0) is 14.8 Å². The molecule has 0 aromatic rings. The summed E-state index contributed by atoms with van der Waals surface area (Å²) in [6, 6.07) is 0. The van der Waals surface area contributed by atoms with Crippen molar-refractivity contribution in [1.82, 2.24) is 9.62 Å². The summed E-state index contributed by atoms with van der Waals surface area (Å²) in [6.07, 6.45) is 4.42. The Morgan fingerprint density at radius 3 is 2.53 bits per heavy atom. The van der Waals surface area contributed by atoms with Gasteiger partial charge in [0.1, 0.15) is 0 Å². The van der Waals surface area contributed by atoms with Crippen molar-refractivity contribution in [2.75, 3.05) is 25.9 Å². The van der Waals surface area contributed by atoms with Crippen molar-refractivity contribution < 1.29 is 13.2 Å². The molecule has 1 rings (SSSR count). The summed E-state index contributed by atoms with van der Waals surface area (Å²) in [6.45, 7) is 5.91. The van der Waals surface area contributed by atoms with Crippen molar-refractivity contribution in [3.63, 3.8) is 0 Å².